The molecule has 0 aromatic heterocycles. The monoisotopic (exact) mass is 396 g/mol. The van der Waals surface area contributed by atoms with Gasteiger partial charge in [0.2, 0.25) is 0 Å². The lowest BCUT2D eigenvalue weighted by Crippen LogP contribution is -2.09. The fraction of sp³-hybridized carbons (Fsp3) is 0.593. The van der Waals surface area contributed by atoms with E-state index in [1.54, 1.807) is 0 Å². The maximum atomic E-state index is 12.2. The molecule has 0 aliphatic heterocycles. The molecule has 160 valence electrons. The first-order valence-electron chi connectivity index (χ1n) is 11.9. The number of hydrogen-bond acceptors (Lipinski definition) is 1. The minimum atomic E-state index is -0.790. The van der Waals surface area contributed by atoms with Crippen LogP contribution in [-0.4, -0.2) is 11.1 Å². The van der Waals surface area contributed by atoms with Crippen molar-refractivity contribution >= 4 is 16.7 Å². The Bertz CT molecular complexity index is 777. The quantitative estimate of drug-likeness (QED) is 0.344. The van der Waals surface area contributed by atoms with Crippen LogP contribution in [0.5, 0.6) is 0 Å². The van der Waals surface area contributed by atoms with Gasteiger partial charge in [-0.05, 0) is 59.4 Å². The van der Waals surface area contributed by atoms with Crippen LogP contribution in [0, 0.1) is 0 Å². The minimum absolute atomic E-state index is 0.328. The SMILES string of the molecule is CCCCCC(CC)c1ccc2c(C(=O)O)c(C(CC)CCCCC)ccc2c1. The molecule has 2 nitrogen and oxygen atoms in total. The Morgan fingerprint density at radius 3 is 2.00 bits per heavy atom. The normalized spacial score (nSPS) is 13.5. The predicted molar refractivity (Wildman–Crippen MR) is 125 cm³/mol. The van der Waals surface area contributed by atoms with Gasteiger partial charge in [-0.2, -0.15) is 0 Å². The van der Waals surface area contributed by atoms with Crippen LogP contribution in [-0.2, 0) is 0 Å². The van der Waals surface area contributed by atoms with Crippen LogP contribution >= 0.6 is 0 Å². The molecular formula is C27H40O2. The van der Waals surface area contributed by atoms with E-state index in [9.17, 15) is 9.90 Å². The Kier molecular flexibility index (Phi) is 9.70. The second-order valence-electron chi connectivity index (χ2n) is 8.52. The lowest BCUT2D eigenvalue weighted by molar-refractivity contribution is 0.0697. The summed E-state index contributed by atoms with van der Waals surface area (Å²) in [5.74, 6) is 0.104. The highest BCUT2D eigenvalue weighted by Crippen LogP contribution is 2.35. The molecule has 0 saturated heterocycles. The molecule has 2 unspecified atom stereocenters. The van der Waals surface area contributed by atoms with E-state index in [1.165, 1.54) is 50.5 Å². The highest BCUT2D eigenvalue weighted by atomic mass is 16.4. The lowest BCUT2D eigenvalue weighted by atomic mass is 9.84. The standard InChI is InChI=1S/C27H40O2/c1-5-9-11-13-20(7-3)22-15-17-25-23(19-22)16-18-24(26(25)27(28)29)21(8-4)14-12-10-6-2/h15-21H,5-14H2,1-4H3,(H,28,29). The number of rotatable bonds is 13. The number of fused-ring (bicyclic) bond motifs is 1. The Labute approximate surface area is 177 Å². The number of carboxylic acid groups (broad SMARTS) is 1. The number of carbonyl (C=O) groups is 1. The third-order valence-electron chi connectivity index (χ3n) is 6.50. The van der Waals surface area contributed by atoms with E-state index >= 15 is 0 Å². The summed E-state index contributed by atoms with van der Waals surface area (Å²) in [5, 5.41) is 12.0. The summed E-state index contributed by atoms with van der Waals surface area (Å²) in [7, 11) is 0. The molecule has 0 amide bonds. The van der Waals surface area contributed by atoms with Gasteiger partial charge < -0.3 is 5.11 Å². The number of carboxylic acids is 1. The zero-order valence-corrected chi connectivity index (χ0v) is 19.0. The molecule has 0 saturated carbocycles. The summed E-state index contributed by atoms with van der Waals surface area (Å²) in [5.41, 5.74) is 2.90. The molecule has 2 aromatic rings. The van der Waals surface area contributed by atoms with Crippen LogP contribution in [0.25, 0.3) is 10.8 Å². The van der Waals surface area contributed by atoms with Crippen molar-refractivity contribution in [1.29, 1.82) is 0 Å². The highest BCUT2D eigenvalue weighted by Gasteiger charge is 2.21. The van der Waals surface area contributed by atoms with E-state index in [-0.39, 0.29) is 0 Å². The summed E-state index contributed by atoms with van der Waals surface area (Å²) in [6.45, 7) is 8.89. The minimum Gasteiger partial charge on any atom is -0.478 e. The zero-order chi connectivity index (χ0) is 21.2. The molecule has 0 spiro atoms. The molecular weight excluding hydrogens is 356 g/mol. The summed E-state index contributed by atoms with van der Waals surface area (Å²) in [6.07, 6.45) is 11.8. The van der Waals surface area contributed by atoms with Crippen LogP contribution < -0.4 is 0 Å². The van der Waals surface area contributed by atoms with Crippen molar-refractivity contribution in [3.05, 3.63) is 47.0 Å². The molecule has 2 atom stereocenters. The largest absolute Gasteiger partial charge is 0.478 e. The van der Waals surface area contributed by atoms with E-state index in [0.29, 0.717) is 17.4 Å². The molecule has 1 N–H and O–H groups in total. The average molecular weight is 397 g/mol. The number of aromatic carboxylic acids is 1. The number of hydrogen-bond donors (Lipinski definition) is 1. The molecule has 0 radical (unpaired) electrons. The Morgan fingerprint density at radius 1 is 0.828 bits per heavy atom. The molecule has 2 aromatic carbocycles. The summed E-state index contributed by atoms with van der Waals surface area (Å²) in [6, 6.07) is 10.7. The first kappa shape index (κ1) is 23.4. The lowest BCUT2D eigenvalue weighted by Gasteiger charge is -2.20. The van der Waals surface area contributed by atoms with Crippen molar-refractivity contribution in [1.82, 2.24) is 0 Å². The predicted octanol–water partition coefficient (Wildman–Crippen LogP) is 8.69. The van der Waals surface area contributed by atoms with Gasteiger partial charge in [-0.3, -0.25) is 0 Å². The van der Waals surface area contributed by atoms with Gasteiger partial charge in [-0.15, -0.1) is 0 Å². The number of benzene rings is 2. The topological polar surface area (TPSA) is 37.3 Å². The molecule has 29 heavy (non-hydrogen) atoms. The van der Waals surface area contributed by atoms with Crippen LogP contribution in [0.15, 0.2) is 30.3 Å². The Hall–Kier alpha value is -1.83. The molecule has 0 fully saturated rings. The van der Waals surface area contributed by atoms with Crippen LogP contribution in [0.3, 0.4) is 0 Å². The van der Waals surface area contributed by atoms with Crippen molar-refractivity contribution in [3.8, 4) is 0 Å². The highest BCUT2D eigenvalue weighted by molar-refractivity contribution is 6.05. The number of unbranched alkanes of at least 4 members (excludes halogenated alkanes) is 4. The van der Waals surface area contributed by atoms with Gasteiger partial charge in [0.25, 0.3) is 0 Å². The summed E-state index contributed by atoms with van der Waals surface area (Å²) < 4.78 is 0. The maximum Gasteiger partial charge on any atom is 0.336 e. The van der Waals surface area contributed by atoms with E-state index < -0.39 is 5.97 Å². The molecule has 2 heteroatoms. The van der Waals surface area contributed by atoms with Crippen molar-refractivity contribution in [3.63, 3.8) is 0 Å². The van der Waals surface area contributed by atoms with Gasteiger partial charge in [-0.25, -0.2) is 4.79 Å². The Balaban J connectivity index is 2.40. The summed E-state index contributed by atoms with van der Waals surface area (Å²) >= 11 is 0. The molecule has 2 rings (SSSR count). The zero-order valence-electron chi connectivity index (χ0n) is 19.0. The fourth-order valence-corrected chi connectivity index (χ4v) is 4.67. The van der Waals surface area contributed by atoms with E-state index in [0.717, 1.165) is 35.6 Å². The van der Waals surface area contributed by atoms with Gasteiger partial charge in [0, 0.05) is 0 Å². The van der Waals surface area contributed by atoms with Gasteiger partial charge in [0.05, 0.1) is 5.56 Å². The van der Waals surface area contributed by atoms with Crippen LogP contribution in [0.4, 0.5) is 0 Å². The average Bonchev–Trinajstić information content (AvgIpc) is 2.73. The second kappa shape index (κ2) is 12.0. The van der Waals surface area contributed by atoms with E-state index in [4.69, 9.17) is 0 Å². The Morgan fingerprint density at radius 2 is 1.45 bits per heavy atom. The summed E-state index contributed by atoms with van der Waals surface area (Å²) in [4.78, 5) is 12.2. The van der Waals surface area contributed by atoms with Crippen LogP contribution in [0.2, 0.25) is 0 Å². The maximum absolute atomic E-state index is 12.2. The molecule has 0 bridgehead atoms. The van der Waals surface area contributed by atoms with Gasteiger partial charge in [0.1, 0.15) is 0 Å². The third-order valence-corrected chi connectivity index (χ3v) is 6.50. The van der Waals surface area contributed by atoms with E-state index in [1.807, 2.05) is 0 Å². The van der Waals surface area contributed by atoms with Crippen molar-refractivity contribution in [2.45, 2.75) is 104 Å². The van der Waals surface area contributed by atoms with Crippen molar-refractivity contribution in [2.24, 2.45) is 0 Å². The first-order valence-corrected chi connectivity index (χ1v) is 11.9. The van der Waals surface area contributed by atoms with Gasteiger partial charge in [-0.1, -0.05) is 96.6 Å². The molecule has 0 aliphatic carbocycles. The fourth-order valence-electron chi connectivity index (χ4n) is 4.67. The van der Waals surface area contributed by atoms with Crippen molar-refractivity contribution < 1.29 is 9.90 Å². The second-order valence-corrected chi connectivity index (χ2v) is 8.52. The van der Waals surface area contributed by atoms with Gasteiger partial charge >= 0.3 is 5.97 Å². The molecule has 0 heterocycles. The van der Waals surface area contributed by atoms with Crippen LogP contribution in [0.1, 0.15) is 125 Å². The van der Waals surface area contributed by atoms with Gasteiger partial charge in [0.15, 0.2) is 0 Å². The third kappa shape index (κ3) is 6.07. The smallest absolute Gasteiger partial charge is 0.336 e. The molecule has 0 aliphatic rings. The first-order chi connectivity index (χ1) is 14.1. The van der Waals surface area contributed by atoms with E-state index in [2.05, 4.69) is 58.0 Å². The van der Waals surface area contributed by atoms with Crippen molar-refractivity contribution in [2.75, 3.05) is 0 Å².